The molecule has 17 heavy (non-hydrogen) atoms. The van der Waals surface area contributed by atoms with Crippen LogP contribution in [0.15, 0.2) is 36.9 Å². The molecule has 5 nitrogen and oxygen atoms in total. The lowest BCUT2D eigenvalue weighted by Gasteiger charge is -2.10. The van der Waals surface area contributed by atoms with Crippen LogP contribution in [0.5, 0.6) is 0 Å². The monoisotopic (exact) mass is 231 g/mol. The van der Waals surface area contributed by atoms with E-state index in [2.05, 4.69) is 4.98 Å². The molecule has 0 aliphatic heterocycles. The Bertz CT molecular complexity index is 521. The highest BCUT2D eigenvalue weighted by Crippen LogP contribution is 2.19. The van der Waals surface area contributed by atoms with Gasteiger partial charge in [-0.25, -0.2) is 9.78 Å². The van der Waals surface area contributed by atoms with Crippen LogP contribution in [0.25, 0.3) is 0 Å². The van der Waals surface area contributed by atoms with Crippen molar-refractivity contribution in [2.45, 2.75) is 6.54 Å². The number of rotatable bonds is 3. The Morgan fingerprint density at radius 1 is 1.53 bits per heavy atom. The van der Waals surface area contributed by atoms with Gasteiger partial charge in [-0.05, 0) is 11.6 Å². The minimum atomic E-state index is -0.418. The summed E-state index contributed by atoms with van der Waals surface area (Å²) in [5.41, 5.74) is 7.46. The molecule has 1 aromatic carbocycles. The van der Waals surface area contributed by atoms with Crippen molar-refractivity contribution in [1.82, 2.24) is 9.55 Å². The normalized spacial score (nSPS) is 10.2. The maximum absolute atomic E-state index is 11.7. The summed E-state index contributed by atoms with van der Waals surface area (Å²) in [5, 5.41) is 0. The van der Waals surface area contributed by atoms with Crippen LogP contribution < -0.4 is 5.73 Å². The van der Waals surface area contributed by atoms with E-state index in [1.165, 1.54) is 7.11 Å². The van der Waals surface area contributed by atoms with E-state index in [0.29, 0.717) is 17.8 Å². The molecule has 1 heterocycles. The van der Waals surface area contributed by atoms with Crippen LogP contribution in [-0.4, -0.2) is 22.6 Å². The zero-order valence-electron chi connectivity index (χ0n) is 9.46. The van der Waals surface area contributed by atoms with Gasteiger partial charge in [0.25, 0.3) is 0 Å². The largest absolute Gasteiger partial charge is 0.465 e. The molecule has 1 aromatic heterocycles. The van der Waals surface area contributed by atoms with Crippen LogP contribution in [0.3, 0.4) is 0 Å². The van der Waals surface area contributed by atoms with Crippen molar-refractivity contribution >= 4 is 11.7 Å². The number of carbonyl (C=O) groups is 1. The first-order chi connectivity index (χ1) is 8.22. The molecule has 0 amide bonds. The second-order valence-electron chi connectivity index (χ2n) is 3.61. The number of nitrogen functional groups attached to an aromatic ring is 1. The second kappa shape index (κ2) is 4.69. The molecule has 2 N–H and O–H groups in total. The van der Waals surface area contributed by atoms with Gasteiger partial charge >= 0.3 is 5.97 Å². The molecule has 0 aliphatic rings. The fourth-order valence-corrected chi connectivity index (χ4v) is 1.68. The van der Waals surface area contributed by atoms with Gasteiger partial charge in [0.2, 0.25) is 0 Å². The molecule has 0 bridgehead atoms. The second-order valence-corrected chi connectivity index (χ2v) is 3.61. The van der Waals surface area contributed by atoms with Crippen LogP contribution in [0.2, 0.25) is 0 Å². The molecule has 2 rings (SSSR count). The Balaban J connectivity index is 2.39. The molecule has 0 radical (unpaired) electrons. The fraction of sp³-hybridized carbons (Fsp3) is 0.167. The van der Waals surface area contributed by atoms with Crippen molar-refractivity contribution in [2.24, 2.45) is 0 Å². The van der Waals surface area contributed by atoms with E-state index in [0.717, 1.165) is 5.56 Å². The van der Waals surface area contributed by atoms with Gasteiger partial charge in [-0.15, -0.1) is 0 Å². The molecule has 0 saturated heterocycles. The quantitative estimate of drug-likeness (QED) is 0.638. The maximum atomic E-state index is 11.7. The van der Waals surface area contributed by atoms with Crippen LogP contribution in [-0.2, 0) is 11.3 Å². The van der Waals surface area contributed by atoms with Gasteiger partial charge in [-0.1, -0.05) is 12.1 Å². The van der Waals surface area contributed by atoms with Crippen molar-refractivity contribution in [3.8, 4) is 0 Å². The Labute approximate surface area is 98.8 Å². The van der Waals surface area contributed by atoms with Crippen LogP contribution >= 0.6 is 0 Å². The number of esters is 1. The van der Waals surface area contributed by atoms with Crippen molar-refractivity contribution in [1.29, 1.82) is 0 Å². The van der Waals surface area contributed by atoms with Crippen LogP contribution in [0.1, 0.15) is 15.9 Å². The summed E-state index contributed by atoms with van der Waals surface area (Å²) < 4.78 is 6.60. The standard InChI is InChI=1S/C12H13N3O2/c1-17-12(16)11-9(3-2-4-10(11)13)7-15-6-5-14-8-15/h2-6,8H,7,13H2,1H3. The molecular weight excluding hydrogens is 218 g/mol. The Morgan fingerprint density at radius 3 is 3.00 bits per heavy atom. The third-order valence-electron chi connectivity index (χ3n) is 2.48. The van der Waals surface area contributed by atoms with Gasteiger partial charge < -0.3 is 15.0 Å². The minimum Gasteiger partial charge on any atom is -0.465 e. The summed E-state index contributed by atoms with van der Waals surface area (Å²) in [6.45, 7) is 0.537. The zero-order chi connectivity index (χ0) is 12.3. The number of hydrogen-bond acceptors (Lipinski definition) is 4. The fourth-order valence-electron chi connectivity index (χ4n) is 1.68. The first-order valence-corrected chi connectivity index (χ1v) is 5.14. The van der Waals surface area contributed by atoms with E-state index in [-0.39, 0.29) is 0 Å². The van der Waals surface area contributed by atoms with Gasteiger partial charge in [0.15, 0.2) is 0 Å². The van der Waals surface area contributed by atoms with E-state index in [1.807, 2.05) is 22.9 Å². The number of methoxy groups -OCH3 is 1. The minimum absolute atomic E-state index is 0.418. The number of nitrogens with zero attached hydrogens (tertiary/aromatic N) is 2. The predicted octanol–water partition coefficient (Wildman–Crippen LogP) is 1.30. The van der Waals surface area contributed by atoms with Gasteiger partial charge in [-0.2, -0.15) is 0 Å². The van der Waals surface area contributed by atoms with Gasteiger partial charge in [0.1, 0.15) is 0 Å². The van der Waals surface area contributed by atoms with Gasteiger partial charge in [-0.3, -0.25) is 0 Å². The van der Waals surface area contributed by atoms with Crippen molar-refractivity contribution < 1.29 is 9.53 Å². The van der Waals surface area contributed by atoms with Crippen molar-refractivity contribution in [3.63, 3.8) is 0 Å². The van der Waals surface area contributed by atoms with E-state index in [1.54, 1.807) is 18.6 Å². The summed E-state index contributed by atoms with van der Waals surface area (Å²) in [6.07, 6.45) is 5.19. The first kappa shape index (κ1) is 11.2. The summed E-state index contributed by atoms with van der Waals surface area (Å²) in [6, 6.07) is 5.35. The summed E-state index contributed by atoms with van der Waals surface area (Å²) in [4.78, 5) is 15.6. The van der Waals surface area contributed by atoms with E-state index < -0.39 is 5.97 Å². The molecule has 2 aromatic rings. The highest BCUT2D eigenvalue weighted by atomic mass is 16.5. The number of carbonyl (C=O) groups excluding carboxylic acids is 1. The van der Waals surface area contributed by atoms with Gasteiger partial charge in [0, 0.05) is 24.6 Å². The number of nitrogens with two attached hydrogens (primary N) is 1. The highest BCUT2D eigenvalue weighted by Gasteiger charge is 2.15. The molecule has 0 aliphatic carbocycles. The lowest BCUT2D eigenvalue weighted by molar-refractivity contribution is 0.0600. The highest BCUT2D eigenvalue weighted by molar-refractivity contribution is 5.96. The number of hydrogen-bond donors (Lipinski definition) is 1. The van der Waals surface area contributed by atoms with Crippen LogP contribution in [0.4, 0.5) is 5.69 Å². The van der Waals surface area contributed by atoms with Crippen LogP contribution in [0, 0.1) is 0 Å². The molecule has 88 valence electrons. The number of aromatic nitrogens is 2. The van der Waals surface area contributed by atoms with Crippen molar-refractivity contribution in [2.75, 3.05) is 12.8 Å². The average Bonchev–Trinajstić information content (AvgIpc) is 2.81. The Kier molecular flexibility index (Phi) is 3.09. The average molecular weight is 231 g/mol. The molecule has 0 unspecified atom stereocenters. The molecule has 5 heteroatoms. The lowest BCUT2D eigenvalue weighted by atomic mass is 10.1. The third-order valence-corrected chi connectivity index (χ3v) is 2.48. The molecule has 0 spiro atoms. The molecular formula is C12H13N3O2. The zero-order valence-corrected chi connectivity index (χ0v) is 9.46. The summed E-state index contributed by atoms with van der Waals surface area (Å²) in [5.74, 6) is -0.418. The number of anilines is 1. The maximum Gasteiger partial charge on any atom is 0.340 e. The van der Waals surface area contributed by atoms with E-state index >= 15 is 0 Å². The molecule has 0 saturated carbocycles. The number of ether oxygens (including phenoxy) is 1. The predicted molar refractivity (Wildman–Crippen MR) is 63.5 cm³/mol. The van der Waals surface area contributed by atoms with Crippen molar-refractivity contribution in [3.05, 3.63) is 48.0 Å². The Morgan fingerprint density at radius 2 is 2.35 bits per heavy atom. The number of imidazole rings is 1. The molecule has 0 fully saturated rings. The SMILES string of the molecule is COC(=O)c1c(N)cccc1Cn1ccnc1. The van der Waals surface area contributed by atoms with Gasteiger partial charge in [0.05, 0.1) is 19.0 Å². The Hall–Kier alpha value is -2.30. The number of benzene rings is 1. The smallest absolute Gasteiger partial charge is 0.340 e. The topological polar surface area (TPSA) is 70.1 Å². The first-order valence-electron chi connectivity index (χ1n) is 5.14. The lowest BCUT2D eigenvalue weighted by Crippen LogP contribution is -2.11. The van der Waals surface area contributed by atoms with E-state index in [4.69, 9.17) is 10.5 Å². The summed E-state index contributed by atoms with van der Waals surface area (Å²) >= 11 is 0. The summed E-state index contributed by atoms with van der Waals surface area (Å²) in [7, 11) is 1.34. The molecule has 0 atom stereocenters. The van der Waals surface area contributed by atoms with E-state index in [9.17, 15) is 4.79 Å². The third kappa shape index (κ3) is 2.28.